The van der Waals surface area contributed by atoms with Crippen LogP contribution in [0.3, 0.4) is 0 Å². The van der Waals surface area contributed by atoms with Crippen LogP contribution >= 0.6 is 0 Å². The molecular weight excluding hydrogens is 256 g/mol. The van der Waals surface area contributed by atoms with Crippen molar-refractivity contribution in [2.75, 3.05) is 12.8 Å². The summed E-state index contributed by atoms with van der Waals surface area (Å²) in [5.74, 6) is 0.706. The van der Waals surface area contributed by atoms with E-state index in [9.17, 15) is 4.79 Å². The molecule has 0 saturated heterocycles. The molecule has 20 heavy (non-hydrogen) atoms. The number of hydrogen-bond donors (Lipinski definition) is 1. The molecule has 1 unspecified atom stereocenters. The van der Waals surface area contributed by atoms with Gasteiger partial charge in [-0.15, -0.1) is 0 Å². The molecule has 2 aromatic rings. The number of fused-ring (bicyclic) bond motifs is 1. The summed E-state index contributed by atoms with van der Waals surface area (Å²) in [5, 5.41) is 4.47. The highest BCUT2D eigenvalue weighted by Crippen LogP contribution is 2.29. The second-order valence-electron chi connectivity index (χ2n) is 4.86. The van der Waals surface area contributed by atoms with E-state index >= 15 is 0 Å². The number of anilines is 1. The van der Waals surface area contributed by atoms with Gasteiger partial charge in [0.1, 0.15) is 11.7 Å². The van der Waals surface area contributed by atoms with Crippen LogP contribution < -0.4 is 5.73 Å². The number of carbonyl (C=O) groups is 1. The summed E-state index contributed by atoms with van der Waals surface area (Å²) in [7, 11) is 1.40. The molecule has 2 N–H and O–H groups in total. The lowest BCUT2D eigenvalue weighted by Gasteiger charge is -2.19. The maximum Gasteiger partial charge on any atom is 0.316 e. The third-order valence-electron chi connectivity index (χ3n) is 3.51. The van der Waals surface area contributed by atoms with Crippen molar-refractivity contribution in [1.82, 2.24) is 14.8 Å². The van der Waals surface area contributed by atoms with E-state index in [4.69, 9.17) is 10.5 Å². The number of carbonyl (C=O) groups excluding carboxylic acids is 1. The van der Waals surface area contributed by atoms with Gasteiger partial charge in [-0.05, 0) is 25.0 Å². The van der Waals surface area contributed by atoms with E-state index in [0.29, 0.717) is 17.3 Å². The van der Waals surface area contributed by atoms with Gasteiger partial charge in [-0.3, -0.25) is 4.79 Å². The first-order valence-electron chi connectivity index (χ1n) is 6.57. The van der Waals surface area contributed by atoms with Crippen molar-refractivity contribution in [2.24, 2.45) is 0 Å². The molecule has 0 bridgehead atoms. The molecule has 0 amide bonds. The van der Waals surface area contributed by atoms with E-state index in [1.54, 1.807) is 4.68 Å². The number of rotatable bonds is 2. The maximum absolute atomic E-state index is 11.8. The number of aromatic nitrogens is 3. The SMILES string of the molecule is COC(=O)C1CCCn2nc(-c3cccc(N)c3)nc21. The first kappa shape index (κ1) is 12.7. The Balaban J connectivity index is 2.01. The second-order valence-corrected chi connectivity index (χ2v) is 4.86. The summed E-state index contributed by atoms with van der Waals surface area (Å²) in [4.78, 5) is 16.3. The monoisotopic (exact) mass is 272 g/mol. The summed E-state index contributed by atoms with van der Waals surface area (Å²) >= 11 is 0. The van der Waals surface area contributed by atoms with Crippen molar-refractivity contribution in [3.63, 3.8) is 0 Å². The van der Waals surface area contributed by atoms with Gasteiger partial charge in [0.25, 0.3) is 0 Å². The van der Waals surface area contributed by atoms with Crippen LogP contribution in [0, 0.1) is 0 Å². The first-order valence-corrected chi connectivity index (χ1v) is 6.57. The lowest BCUT2D eigenvalue weighted by Crippen LogP contribution is -2.24. The van der Waals surface area contributed by atoms with Crippen LogP contribution in [0.25, 0.3) is 11.4 Å². The summed E-state index contributed by atoms with van der Waals surface area (Å²) in [6.07, 6.45) is 1.65. The highest BCUT2D eigenvalue weighted by atomic mass is 16.5. The number of aryl methyl sites for hydroxylation is 1. The highest BCUT2D eigenvalue weighted by Gasteiger charge is 2.31. The molecular formula is C14H16N4O2. The van der Waals surface area contributed by atoms with E-state index in [1.165, 1.54) is 7.11 Å². The van der Waals surface area contributed by atoms with Gasteiger partial charge < -0.3 is 10.5 Å². The van der Waals surface area contributed by atoms with E-state index < -0.39 is 0 Å². The Morgan fingerprint density at radius 2 is 2.35 bits per heavy atom. The molecule has 1 aromatic carbocycles. The molecule has 1 aliphatic heterocycles. The first-order chi connectivity index (χ1) is 9.69. The molecule has 0 spiro atoms. The quantitative estimate of drug-likeness (QED) is 0.663. The van der Waals surface area contributed by atoms with Crippen molar-refractivity contribution >= 4 is 11.7 Å². The average molecular weight is 272 g/mol. The van der Waals surface area contributed by atoms with E-state index in [0.717, 1.165) is 24.9 Å². The van der Waals surface area contributed by atoms with Crippen LogP contribution in [-0.4, -0.2) is 27.8 Å². The zero-order valence-corrected chi connectivity index (χ0v) is 11.2. The minimum Gasteiger partial charge on any atom is -0.468 e. The van der Waals surface area contributed by atoms with Gasteiger partial charge in [-0.2, -0.15) is 5.10 Å². The number of nitrogen functional groups attached to an aromatic ring is 1. The van der Waals surface area contributed by atoms with Crippen LogP contribution in [0.15, 0.2) is 24.3 Å². The fourth-order valence-corrected chi connectivity index (χ4v) is 2.52. The molecule has 3 rings (SSSR count). The zero-order chi connectivity index (χ0) is 14.1. The minimum atomic E-state index is -0.323. The number of ether oxygens (including phenoxy) is 1. The van der Waals surface area contributed by atoms with Gasteiger partial charge in [-0.25, -0.2) is 9.67 Å². The van der Waals surface area contributed by atoms with Crippen molar-refractivity contribution < 1.29 is 9.53 Å². The van der Waals surface area contributed by atoms with Crippen molar-refractivity contribution in [2.45, 2.75) is 25.3 Å². The third kappa shape index (κ3) is 2.13. The Labute approximate surface area is 116 Å². The van der Waals surface area contributed by atoms with Crippen molar-refractivity contribution in [3.05, 3.63) is 30.1 Å². The maximum atomic E-state index is 11.8. The molecule has 104 valence electrons. The molecule has 2 heterocycles. The van der Waals surface area contributed by atoms with Gasteiger partial charge in [-0.1, -0.05) is 12.1 Å². The number of benzene rings is 1. The summed E-state index contributed by atoms with van der Waals surface area (Å²) in [5.41, 5.74) is 7.30. The standard InChI is InChI=1S/C14H16N4O2/c1-20-14(19)11-6-3-7-18-13(11)16-12(17-18)9-4-2-5-10(15)8-9/h2,4-5,8,11H,3,6-7,15H2,1H3. The highest BCUT2D eigenvalue weighted by molar-refractivity contribution is 5.77. The van der Waals surface area contributed by atoms with Crippen LogP contribution in [0.2, 0.25) is 0 Å². The minimum absolute atomic E-state index is 0.252. The van der Waals surface area contributed by atoms with Gasteiger partial charge in [0.2, 0.25) is 0 Å². The number of hydrogen-bond acceptors (Lipinski definition) is 5. The average Bonchev–Trinajstić information content (AvgIpc) is 2.90. The van der Waals surface area contributed by atoms with E-state index in [1.807, 2.05) is 24.3 Å². The second kappa shape index (κ2) is 4.96. The van der Waals surface area contributed by atoms with Crippen molar-refractivity contribution in [1.29, 1.82) is 0 Å². The van der Waals surface area contributed by atoms with Crippen molar-refractivity contribution in [3.8, 4) is 11.4 Å². The van der Waals surface area contributed by atoms with Gasteiger partial charge in [0.15, 0.2) is 5.82 Å². The van der Waals surface area contributed by atoms with Crippen LogP contribution in [0.1, 0.15) is 24.6 Å². The Morgan fingerprint density at radius 3 is 3.10 bits per heavy atom. The fraction of sp³-hybridized carbons (Fsp3) is 0.357. The Morgan fingerprint density at radius 1 is 1.50 bits per heavy atom. The largest absolute Gasteiger partial charge is 0.468 e. The third-order valence-corrected chi connectivity index (χ3v) is 3.51. The van der Waals surface area contributed by atoms with Crippen LogP contribution in [-0.2, 0) is 16.1 Å². The number of methoxy groups -OCH3 is 1. The predicted octanol–water partition coefficient (Wildman–Crippen LogP) is 1.58. The molecule has 6 nitrogen and oxygen atoms in total. The van der Waals surface area contributed by atoms with Gasteiger partial charge in [0, 0.05) is 17.8 Å². The number of nitrogens with zero attached hydrogens (tertiary/aromatic N) is 3. The lowest BCUT2D eigenvalue weighted by molar-refractivity contribution is -0.143. The smallest absolute Gasteiger partial charge is 0.316 e. The molecule has 1 aliphatic rings. The fourth-order valence-electron chi connectivity index (χ4n) is 2.52. The van der Waals surface area contributed by atoms with Gasteiger partial charge in [0.05, 0.1) is 7.11 Å². The molecule has 1 atom stereocenters. The molecule has 0 aliphatic carbocycles. The summed E-state index contributed by atoms with van der Waals surface area (Å²) in [6, 6.07) is 7.42. The predicted molar refractivity (Wildman–Crippen MR) is 73.9 cm³/mol. The van der Waals surface area contributed by atoms with Gasteiger partial charge >= 0.3 is 5.97 Å². The molecule has 1 aromatic heterocycles. The molecule has 0 saturated carbocycles. The van der Waals surface area contributed by atoms with E-state index in [-0.39, 0.29) is 11.9 Å². The zero-order valence-electron chi connectivity index (χ0n) is 11.2. The Hall–Kier alpha value is -2.37. The number of esters is 1. The Kier molecular flexibility index (Phi) is 3.14. The topological polar surface area (TPSA) is 83.0 Å². The number of nitrogens with two attached hydrogens (primary N) is 1. The lowest BCUT2D eigenvalue weighted by atomic mass is 9.99. The van der Waals surface area contributed by atoms with Crippen LogP contribution in [0.4, 0.5) is 5.69 Å². The normalized spacial score (nSPS) is 17.6. The summed E-state index contributed by atoms with van der Waals surface area (Å²) < 4.78 is 6.64. The Bertz CT molecular complexity index is 650. The van der Waals surface area contributed by atoms with Crippen LogP contribution in [0.5, 0.6) is 0 Å². The molecule has 0 radical (unpaired) electrons. The van der Waals surface area contributed by atoms with E-state index in [2.05, 4.69) is 10.1 Å². The molecule has 6 heteroatoms. The summed E-state index contributed by atoms with van der Waals surface area (Å²) in [6.45, 7) is 0.776. The molecule has 0 fully saturated rings.